The van der Waals surface area contributed by atoms with Crippen molar-refractivity contribution >= 4 is 41.8 Å². The van der Waals surface area contributed by atoms with E-state index in [1.165, 1.54) is 12.1 Å². The molecule has 10 heteroatoms. The molecule has 0 unspecified atom stereocenters. The maximum Gasteiger partial charge on any atom is 0.330 e. The van der Waals surface area contributed by atoms with E-state index in [0.717, 1.165) is 17.0 Å². The number of anilines is 1. The Bertz CT molecular complexity index is 891. The maximum absolute atomic E-state index is 13.5. The summed E-state index contributed by atoms with van der Waals surface area (Å²) < 4.78 is 0. The van der Waals surface area contributed by atoms with E-state index in [4.69, 9.17) is 0 Å². The third-order valence-corrected chi connectivity index (χ3v) is 6.23. The van der Waals surface area contributed by atoms with Crippen molar-refractivity contribution in [1.29, 1.82) is 0 Å². The third kappa shape index (κ3) is 2.58. The Labute approximate surface area is 166 Å². The van der Waals surface area contributed by atoms with Crippen LogP contribution in [0.4, 0.5) is 16.2 Å². The Morgan fingerprint density at radius 3 is 2.82 bits per heavy atom. The maximum atomic E-state index is 13.5. The average Bonchev–Trinajstić information content (AvgIpc) is 3.16. The highest BCUT2D eigenvalue weighted by atomic mass is 32.1. The molecule has 28 heavy (non-hydrogen) atoms. The lowest BCUT2D eigenvalue weighted by molar-refractivity contribution is -0.384. The standard InChI is InChI=1S/C18H20N4O5S/c23-15-18(16(24)21(7-2-8-28)17(25)19-15)10-11-9-12(22(26)27)4-5-13(11)20-6-1-3-14(18)20/h4-5,9,14,28H,1-3,6-8,10H2,(H,19,23,25)/t14-,18-/m0/s1. The van der Waals surface area contributed by atoms with Gasteiger partial charge in [-0.2, -0.15) is 12.6 Å². The van der Waals surface area contributed by atoms with Crippen LogP contribution in [-0.4, -0.2) is 52.6 Å². The summed E-state index contributed by atoms with van der Waals surface area (Å²) in [5, 5.41) is 13.6. The van der Waals surface area contributed by atoms with E-state index >= 15 is 0 Å². The number of barbiturate groups is 1. The highest BCUT2D eigenvalue weighted by Crippen LogP contribution is 2.48. The smallest absolute Gasteiger partial charge is 0.330 e. The first kappa shape index (κ1) is 18.7. The first-order chi connectivity index (χ1) is 13.4. The van der Waals surface area contributed by atoms with Crippen molar-refractivity contribution in [3.63, 3.8) is 0 Å². The van der Waals surface area contributed by atoms with Gasteiger partial charge in [-0.05, 0) is 36.6 Å². The lowest BCUT2D eigenvalue weighted by atomic mass is 9.68. The van der Waals surface area contributed by atoms with Crippen LogP contribution in [0.2, 0.25) is 0 Å². The zero-order valence-electron chi connectivity index (χ0n) is 15.1. The van der Waals surface area contributed by atoms with Crippen LogP contribution in [0.15, 0.2) is 18.2 Å². The number of amides is 4. The fourth-order valence-corrected chi connectivity index (χ4v) is 4.82. The van der Waals surface area contributed by atoms with Crippen molar-refractivity contribution < 1.29 is 19.3 Å². The van der Waals surface area contributed by atoms with Gasteiger partial charge in [-0.15, -0.1) is 0 Å². The lowest BCUT2D eigenvalue weighted by Crippen LogP contribution is -2.71. The first-order valence-electron chi connectivity index (χ1n) is 9.22. The Kier molecular flexibility index (Phi) is 4.53. The number of carbonyl (C=O) groups is 3. The highest BCUT2D eigenvalue weighted by Gasteiger charge is 2.62. The minimum Gasteiger partial charge on any atom is -0.367 e. The quantitative estimate of drug-likeness (QED) is 0.340. The van der Waals surface area contributed by atoms with Crippen LogP contribution < -0.4 is 10.2 Å². The fourth-order valence-electron chi connectivity index (χ4n) is 4.68. The Balaban J connectivity index is 1.82. The summed E-state index contributed by atoms with van der Waals surface area (Å²) in [5.74, 6) is -0.626. The Morgan fingerprint density at radius 2 is 2.11 bits per heavy atom. The van der Waals surface area contributed by atoms with E-state index in [0.29, 0.717) is 30.7 Å². The number of urea groups is 1. The van der Waals surface area contributed by atoms with Crippen LogP contribution in [-0.2, 0) is 16.0 Å². The molecule has 3 aliphatic rings. The molecular weight excluding hydrogens is 384 g/mol. The summed E-state index contributed by atoms with van der Waals surface area (Å²) in [6.07, 6.45) is 2.00. The van der Waals surface area contributed by atoms with E-state index in [-0.39, 0.29) is 24.7 Å². The summed E-state index contributed by atoms with van der Waals surface area (Å²) >= 11 is 4.13. The van der Waals surface area contributed by atoms with Gasteiger partial charge in [0.05, 0.1) is 11.0 Å². The molecule has 3 aliphatic heterocycles. The molecule has 0 bridgehead atoms. The molecule has 0 aliphatic carbocycles. The number of thiol groups is 1. The molecule has 148 valence electrons. The van der Waals surface area contributed by atoms with Crippen molar-refractivity contribution in [2.75, 3.05) is 23.7 Å². The average molecular weight is 404 g/mol. The number of fused-ring (bicyclic) bond motifs is 4. The second kappa shape index (κ2) is 6.77. The molecule has 0 saturated carbocycles. The van der Waals surface area contributed by atoms with Crippen molar-refractivity contribution in [1.82, 2.24) is 10.2 Å². The molecule has 0 aromatic heterocycles. The van der Waals surface area contributed by atoms with E-state index in [9.17, 15) is 24.5 Å². The monoisotopic (exact) mass is 404 g/mol. The van der Waals surface area contributed by atoms with Crippen LogP contribution >= 0.6 is 12.6 Å². The molecule has 1 spiro atoms. The zero-order valence-corrected chi connectivity index (χ0v) is 16.0. The summed E-state index contributed by atoms with van der Waals surface area (Å²) in [5.41, 5.74) is -0.140. The first-order valence-corrected chi connectivity index (χ1v) is 9.85. The van der Waals surface area contributed by atoms with Crippen LogP contribution in [0, 0.1) is 15.5 Å². The lowest BCUT2D eigenvalue weighted by Gasteiger charge is -2.49. The van der Waals surface area contributed by atoms with E-state index in [1.54, 1.807) is 6.07 Å². The van der Waals surface area contributed by atoms with Gasteiger partial charge in [-0.3, -0.25) is 29.9 Å². The number of nitrogens with one attached hydrogen (secondary N) is 1. The van der Waals surface area contributed by atoms with Crippen LogP contribution in [0.25, 0.3) is 0 Å². The molecule has 9 nitrogen and oxygen atoms in total. The number of nitro groups is 1. The number of hydrogen-bond donors (Lipinski definition) is 2. The van der Waals surface area contributed by atoms with E-state index in [2.05, 4.69) is 17.9 Å². The summed E-state index contributed by atoms with van der Waals surface area (Å²) in [6.45, 7) is 0.833. The third-order valence-electron chi connectivity index (χ3n) is 5.91. The molecule has 1 aromatic carbocycles. The van der Waals surface area contributed by atoms with Crippen molar-refractivity contribution in [2.45, 2.75) is 31.7 Å². The number of hydrogen-bond acceptors (Lipinski definition) is 7. The predicted octanol–water partition coefficient (Wildman–Crippen LogP) is 1.50. The molecule has 4 amide bonds. The van der Waals surface area contributed by atoms with Gasteiger partial charge in [-0.1, -0.05) is 0 Å². The van der Waals surface area contributed by atoms with Crippen LogP contribution in [0.5, 0.6) is 0 Å². The fraction of sp³-hybridized carbons (Fsp3) is 0.500. The topological polar surface area (TPSA) is 113 Å². The molecule has 2 fully saturated rings. The summed E-state index contributed by atoms with van der Waals surface area (Å²) in [6, 6.07) is 3.48. The Morgan fingerprint density at radius 1 is 1.32 bits per heavy atom. The number of imide groups is 2. The minimum atomic E-state index is -1.46. The van der Waals surface area contributed by atoms with Crippen molar-refractivity contribution in [3.8, 4) is 0 Å². The number of nitrogens with zero attached hydrogens (tertiary/aromatic N) is 3. The molecule has 3 heterocycles. The molecule has 1 N–H and O–H groups in total. The van der Waals surface area contributed by atoms with Gasteiger partial charge in [0.25, 0.3) is 5.69 Å². The Hall–Kier alpha value is -2.62. The van der Waals surface area contributed by atoms with Gasteiger partial charge in [0.2, 0.25) is 11.8 Å². The molecule has 2 saturated heterocycles. The van der Waals surface area contributed by atoms with Gasteiger partial charge < -0.3 is 4.90 Å². The SMILES string of the molecule is O=C1NC(=O)[C@@]2(Cc3cc([N+](=O)[O-])ccc3N3CCC[C@H]32)C(=O)N1CCCS. The van der Waals surface area contributed by atoms with E-state index in [1.807, 2.05) is 4.90 Å². The van der Waals surface area contributed by atoms with Crippen LogP contribution in [0.3, 0.4) is 0 Å². The largest absolute Gasteiger partial charge is 0.367 e. The molecule has 4 rings (SSSR count). The second-order valence-electron chi connectivity index (χ2n) is 7.36. The van der Waals surface area contributed by atoms with E-state index < -0.39 is 28.2 Å². The van der Waals surface area contributed by atoms with Gasteiger partial charge in [0, 0.05) is 37.3 Å². The van der Waals surface area contributed by atoms with Gasteiger partial charge in [0.15, 0.2) is 5.41 Å². The minimum absolute atomic E-state index is 0.0422. The zero-order chi connectivity index (χ0) is 20.1. The number of non-ortho nitro benzene ring substituents is 1. The molecule has 2 atom stereocenters. The van der Waals surface area contributed by atoms with Gasteiger partial charge in [0.1, 0.15) is 0 Å². The normalized spacial score (nSPS) is 26.3. The van der Waals surface area contributed by atoms with Crippen molar-refractivity contribution in [2.24, 2.45) is 5.41 Å². The van der Waals surface area contributed by atoms with Crippen molar-refractivity contribution in [3.05, 3.63) is 33.9 Å². The molecule has 1 aromatic rings. The number of nitro benzene ring substituents is 1. The number of rotatable bonds is 4. The summed E-state index contributed by atoms with van der Waals surface area (Å²) in [7, 11) is 0. The number of benzene rings is 1. The predicted molar refractivity (Wildman–Crippen MR) is 103 cm³/mol. The van der Waals surface area contributed by atoms with Crippen LogP contribution in [0.1, 0.15) is 24.8 Å². The summed E-state index contributed by atoms with van der Waals surface area (Å²) in [4.78, 5) is 52.6. The van der Waals surface area contributed by atoms with Gasteiger partial charge in [-0.25, -0.2) is 4.79 Å². The second-order valence-corrected chi connectivity index (χ2v) is 7.81. The number of carbonyl (C=O) groups excluding carboxylic acids is 3. The van der Waals surface area contributed by atoms with Gasteiger partial charge >= 0.3 is 6.03 Å². The highest BCUT2D eigenvalue weighted by molar-refractivity contribution is 7.80. The molecular formula is C18H20N4O5S. The molecule has 0 radical (unpaired) electrons.